The molecule has 0 spiro atoms. The van der Waals surface area contributed by atoms with Crippen LogP contribution in [0.2, 0.25) is 0 Å². The lowest BCUT2D eigenvalue weighted by atomic mass is 10.3. The predicted molar refractivity (Wildman–Crippen MR) is 53.3 cm³/mol. The number of likely N-dealkylation sites (tertiary alicyclic amines) is 1. The van der Waals surface area contributed by atoms with Gasteiger partial charge in [-0.15, -0.1) is 11.6 Å². The molecule has 4 nitrogen and oxygen atoms in total. The first-order valence-electron chi connectivity index (χ1n) is 4.78. The Morgan fingerprint density at radius 2 is 2.36 bits per heavy atom. The number of ether oxygens (including phenoxy) is 1. The highest BCUT2D eigenvalue weighted by atomic mass is 35.5. The number of carbonyl (C=O) groups excluding carboxylic acids is 1. The molecule has 0 aromatic carbocycles. The van der Waals surface area contributed by atoms with Crippen molar-refractivity contribution in [2.75, 3.05) is 19.7 Å². The monoisotopic (exact) mass is 221 g/mol. The summed E-state index contributed by atoms with van der Waals surface area (Å²) in [7, 11) is 0. The van der Waals surface area contributed by atoms with Crippen LogP contribution in [0.5, 0.6) is 0 Å². The molecule has 0 radical (unpaired) electrons. The number of carbonyl (C=O) groups is 1. The van der Waals surface area contributed by atoms with Gasteiger partial charge in [-0.05, 0) is 13.8 Å². The third-order valence-corrected chi connectivity index (χ3v) is 2.46. The molecule has 1 N–H and O–H groups in total. The molecule has 0 aromatic heterocycles. The van der Waals surface area contributed by atoms with Gasteiger partial charge in [0.1, 0.15) is 11.5 Å². The summed E-state index contributed by atoms with van der Waals surface area (Å²) in [5.41, 5.74) is 0. The molecule has 0 aromatic rings. The summed E-state index contributed by atoms with van der Waals surface area (Å²) in [5, 5.41) is 9.02. The number of amides is 1. The van der Waals surface area contributed by atoms with Crippen LogP contribution >= 0.6 is 11.6 Å². The summed E-state index contributed by atoms with van der Waals surface area (Å²) < 4.78 is 5.29. The zero-order chi connectivity index (χ0) is 10.7. The first-order valence-corrected chi connectivity index (χ1v) is 5.22. The number of nitrogens with zero attached hydrogens (tertiary/aromatic N) is 1. The molecule has 1 rings (SSSR count). The highest BCUT2D eigenvalue weighted by Gasteiger charge is 2.35. The predicted octanol–water partition coefficient (Wildman–Crippen LogP) is 0.222. The van der Waals surface area contributed by atoms with Crippen LogP contribution in [0, 0.1) is 0 Å². The minimum absolute atomic E-state index is 0.145. The molecule has 0 aliphatic carbocycles. The molecule has 0 saturated carbocycles. The fourth-order valence-corrected chi connectivity index (χ4v) is 1.70. The molecule has 1 heterocycles. The van der Waals surface area contributed by atoms with Gasteiger partial charge in [-0.25, -0.2) is 0 Å². The molecule has 1 saturated heterocycles. The van der Waals surface area contributed by atoms with Crippen LogP contribution < -0.4 is 0 Å². The lowest BCUT2D eigenvalue weighted by Gasteiger charge is -2.16. The molecule has 1 amide bonds. The van der Waals surface area contributed by atoms with Crippen molar-refractivity contribution in [1.29, 1.82) is 0 Å². The number of aliphatic hydroxyl groups is 1. The maximum absolute atomic E-state index is 11.5. The van der Waals surface area contributed by atoms with Gasteiger partial charge in [0.15, 0.2) is 0 Å². The summed E-state index contributed by atoms with van der Waals surface area (Å²) in [4.78, 5) is 13.0. The third-order valence-electron chi connectivity index (χ3n) is 2.27. The van der Waals surface area contributed by atoms with Crippen molar-refractivity contribution in [3.8, 4) is 0 Å². The Kier molecular flexibility index (Phi) is 4.16. The summed E-state index contributed by atoms with van der Waals surface area (Å²) in [5.74, 6) is -0.145. The van der Waals surface area contributed by atoms with Gasteiger partial charge >= 0.3 is 0 Å². The minimum atomic E-state index is -0.589. The van der Waals surface area contributed by atoms with Gasteiger partial charge in [-0.3, -0.25) is 4.79 Å². The minimum Gasteiger partial charge on any atom is -0.388 e. The van der Waals surface area contributed by atoms with Gasteiger partial charge in [0, 0.05) is 19.7 Å². The van der Waals surface area contributed by atoms with Crippen molar-refractivity contribution in [3.05, 3.63) is 0 Å². The molecule has 1 aliphatic rings. The van der Waals surface area contributed by atoms with Gasteiger partial charge in [-0.2, -0.15) is 0 Å². The second-order valence-corrected chi connectivity index (χ2v) is 4.08. The molecule has 14 heavy (non-hydrogen) atoms. The van der Waals surface area contributed by atoms with Crippen LogP contribution in [0.4, 0.5) is 0 Å². The van der Waals surface area contributed by atoms with E-state index >= 15 is 0 Å². The number of hydrogen-bond acceptors (Lipinski definition) is 3. The van der Waals surface area contributed by atoms with Crippen LogP contribution in [0.3, 0.4) is 0 Å². The lowest BCUT2D eigenvalue weighted by Crippen LogP contribution is -2.34. The van der Waals surface area contributed by atoms with Crippen LogP contribution in [-0.2, 0) is 9.53 Å². The van der Waals surface area contributed by atoms with Gasteiger partial charge in [0.2, 0.25) is 5.91 Å². The Hall–Kier alpha value is -0.320. The van der Waals surface area contributed by atoms with E-state index in [1.54, 1.807) is 11.8 Å². The number of rotatable bonds is 3. The zero-order valence-electron chi connectivity index (χ0n) is 8.44. The highest BCUT2D eigenvalue weighted by Crippen LogP contribution is 2.15. The lowest BCUT2D eigenvalue weighted by molar-refractivity contribution is -0.130. The average Bonchev–Trinajstić information content (AvgIpc) is 2.47. The van der Waals surface area contributed by atoms with Crippen molar-refractivity contribution in [1.82, 2.24) is 4.90 Å². The maximum Gasteiger partial charge on any atom is 0.240 e. The van der Waals surface area contributed by atoms with Gasteiger partial charge in [0.05, 0.1) is 6.10 Å². The van der Waals surface area contributed by atoms with Crippen molar-refractivity contribution in [3.63, 3.8) is 0 Å². The first kappa shape index (κ1) is 11.8. The third kappa shape index (κ3) is 2.59. The van der Waals surface area contributed by atoms with E-state index in [0.717, 1.165) is 0 Å². The summed E-state index contributed by atoms with van der Waals surface area (Å²) in [6.45, 7) is 4.79. The van der Waals surface area contributed by atoms with E-state index < -0.39 is 11.5 Å². The summed E-state index contributed by atoms with van der Waals surface area (Å²) in [6, 6.07) is 0. The molecule has 0 bridgehead atoms. The average molecular weight is 222 g/mol. The number of halogens is 1. The molecule has 82 valence electrons. The molecule has 3 unspecified atom stereocenters. The fourth-order valence-electron chi connectivity index (χ4n) is 1.57. The summed E-state index contributed by atoms with van der Waals surface area (Å²) in [6.07, 6.45) is -0.853. The van der Waals surface area contributed by atoms with Gasteiger partial charge < -0.3 is 14.7 Å². The van der Waals surface area contributed by atoms with Crippen molar-refractivity contribution in [2.24, 2.45) is 0 Å². The Morgan fingerprint density at radius 3 is 2.86 bits per heavy atom. The molecule has 3 atom stereocenters. The van der Waals surface area contributed by atoms with Gasteiger partial charge in [-0.1, -0.05) is 0 Å². The fraction of sp³-hybridized carbons (Fsp3) is 0.889. The zero-order valence-corrected chi connectivity index (χ0v) is 9.20. The topological polar surface area (TPSA) is 49.8 Å². The number of alkyl halides is 1. The van der Waals surface area contributed by atoms with Crippen LogP contribution in [0.1, 0.15) is 13.8 Å². The van der Waals surface area contributed by atoms with Crippen LogP contribution in [-0.4, -0.2) is 53.2 Å². The number of aliphatic hydroxyl groups excluding tert-OH is 1. The Morgan fingerprint density at radius 1 is 1.71 bits per heavy atom. The van der Waals surface area contributed by atoms with E-state index in [1.165, 1.54) is 0 Å². The molecule has 1 aliphatic heterocycles. The highest BCUT2D eigenvalue weighted by molar-refractivity contribution is 6.30. The van der Waals surface area contributed by atoms with E-state index in [9.17, 15) is 9.90 Å². The van der Waals surface area contributed by atoms with E-state index in [4.69, 9.17) is 16.3 Å². The Balaban J connectivity index is 2.49. The normalized spacial score (nSPS) is 29.3. The summed E-state index contributed by atoms with van der Waals surface area (Å²) >= 11 is 5.67. The second-order valence-electron chi connectivity index (χ2n) is 3.42. The smallest absolute Gasteiger partial charge is 0.240 e. The molecule has 1 fully saturated rings. The van der Waals surface area contributed by atoms with E-state index in [-0.39, 0.29) is 12.0 Å². The van der Waals surface area contributed by atoms with Crippen molar-refractivity contribution in [2.45, 2.75) is 31.4 Å². The van der Waals surface area contributed by atoms with E-state index in [1.807, 2.05) is 6.92 Å². The quantitative estimate of drug-likeness (QED) is 0.694. The van der Waals surface area contributed by atoms with Crippen molar-refractivity contribution >= 4 is 17.5 Å². The first-order chi connectivity index (χ1) is 6.56. The van der Waals surface area contributed by atoms with E-state index in [0.29, 0.717) is 19.7 Å². The standard InChI is InChI=1S/C9H16ClNO3/c1-3-14-8-5-11(4-7(8)12)9(13)6(2)10/h6-8,12H,3-5H2,1-2H3. The number of hydrogen-bond donors (Lipinski definition) is 1. The van der Waals surface area contributed by atoms with Crippen LogP contribution in [0.25, 0.3) is 0 Å². The van der Waals surface area contributed by atoms with Crippen LogP contribution in [0.15, 0.2) is 0 Å². The maximum atomic E-state index is 11.5. The number of β-amino-alcohol motifs (C(OH)–C–C–N with tert-alkyl or cyclic N) is 1. The van der Waals surface area contributed by atoms with Gasteiger partial charge in [0.25, 0.3) is 0 Å². The second kappa shape index (κ2) is 4.96. The van der Waals surface area contributed by atoms with E-state index in [2.05, 4.69) is 0 Å². The van der Waals surface area contributed by atoms with Crippen molar-refractivity contribution < 1.29 is 14.6 Å². The Bertz CT molecular complexity index is 210. The molecular formula is C9H16ClNO3. The Labute approximate surface area is 88.8 Å². The largest absolute Gasteiger partial charge is 0.388 e. The molecular weight excluding hydrogens is 206 g/mol. The molecule has 5 heteroatoms. The SMILES string of the molecule is CCOC1CN(C(=O)C(C)Cl)CC1O.